The van der Waals surface area contributed by atoms with Crippen LogP contribution < -0.4 is 5.32 Å². The Balaban J connectivity index is 1.22. The summed E-state index contributed by atoms with van der Waals surface area (Å²) in [4.78, 5) is 26.0. The van der Waals surface area contributed by atoms with Crippen LogP contribution in [0.1, 0.15) is 51.0 Å². The fourth-order valence-corrected chi connectivity index (χ4v) is 6.41. The zero-order chi connectivity index (χ0) is 26.6. The van der Waals surface area contributed by atoms with Crippen molar-refractivity contribution in [2.24, 2.45) is 5.16 Å². The molecule has 2 aromatic carbocycles. The number of thioether (sulfide) groups is 1. The average Bonchev–Trinajstić information content (AvgIpc) is 3.58. The van der Waals surface area contributed by atoms with Crippen LogP contribution in [-0.4, -0.2) is 52.3 Å². The van der Waals surface area contributed by atoms with E-state index in [-0.39, 0.29) is 17.4 Å². The molecule has 4 aromatic rings. The third-order valence-electron chi connectivity index (χ3n) is 7.27. The second kappa shape index (κ2) is 11.5. The minimum absolute atomic E-state index is 0.105. The topological polar surface area (TPSA) is 71.8 Å². The van der Waals surface area contributed by atoms with Crippen molar-refractivity contribution in [3.8, 4) is 0 Å². The molecule has 8 heteroatoms. The van der Waals surface area contributed by atoms with E-state index in [1.54, 1.807) is 18.0 Å². The van der Waals surface area contributed by atoms with Gasteiger partial charge in [0.15, 0.2) is 0 Å². The molecule has 39 heavy (non-hydrogen) atoms. The van der Waals surface area contributed by atoms with Gasteiger partial charge < -0.3 is 19.6 Å². The normalized spacial score (nSPS) is 18.1. The van der Waals surface area contributed by atoms with Crippen molar-refractivity contribution in [3.05, 3.63) is 119 Å². The summed E-state index contributed by atoms with van der Waals surface area (Å²) in [5.74, 6) is 0.656. The Bertz CT molecular complexity index is 1460. The van der Waals surface area contributed by atoms with Crippen molar-refractivity contribution in [3.63, 3.8) is 0 Å². The molecule has 1 saturated heterocycles. The van der Waals surface area contributed by atoms with Gasteiger partial charge in [-0.05, 0) is 44.2 Å². The minimum atomic E-state index is -0.117. The number of hydrogen-bond acceptors (Lipinski definition) is 6. The number of likely N-dealkylation sites (tertiary alicyclic amines) is 1. The maximum absolute atomic E-state index is 13.4. The maximum Gasteiger partial charge on any atom is 0.257 e. The summed E-state index contributed by atoms with van der Waals surface area (Å²) in [5, 5.41) is 7.88. The Morgan fingerprint density at radius 1 is 1.03 bits per heavy atom. The Labute approximate surface area is 232 Å². The van der Waals surface area contributed by atoms with E-state index in [1.807, 2.05) is 79.1 Å². The number of carbonyl (C=O) groups is 1. The van der Waals surface area contributed by atoms with Gasteiger partial charge in [-0.2, -0.15) is 0 Å². The number of benzene rings is 2. The number of anilines is 1. The third-order valence-corrected chi connectivity index (χ3v) is 8.52. The van der Waals surface area contributed by atoms with Crippen molar-refractivity contribution in [1.82, 2.24) is 14.5 Å². The van der Waals surface area contributed by atoms with Crippen molar-refractivity contribution in [2.75, 3.05) is 25.5 Å². The van der Waals surface area contributed by atoms with Crippen LogP contribution in [0.2, 0.25) is 0 Å². The molecule has 0 spiro atoms. The van der Waals surface area contributed by atoms with Gasteiger partial charge >= 0.3 is 0 Å². The van der Waals surface area contributed by atoms with Crippen LogP contribution in [0, 0.1) is 0 Å². The number of aromatic nitrogens is 2. The summed E-state index contributed by atoms with van der Waals surface area (Å²) in [7, 11) is 2.13. The number of nitrogens with zero attached hydrogens (tertiary/aromatic N) is 4. The smallest absolute Gasteiger partial charge is 0.257 e. The largest absolute Gasteiger partial charge is 0.392 e. The SMILES string of the molecule is CN1CCC(O/N=C(/c2ccccc2)c2cccc(NC(=O)c3ccn4c3CS[C@H]4c3cccnc3)c2)CC1. The van der Waals surface area contributed by atoms with Gasteiger partial charge in [-0.3, -0.25) is 9.78 Å². The molecular weight excluding hydrogens is 506 g/mol. The van der Waals surface area contributed by atoms with E-state index in [2.05, 4.69) is 38.0 Å². The van der Waals surface area contributed by atoms with Crippen molar-refractivity contribution >= 4 is 29.1 Å². The molecule has 0 unspecified atom stereocenters. The lowest BCUT2D eigenvalue weighted by atomic mass is 10.0. The van der Waals surface area contributed by atoms with E-state index in [9.17, 15) is 4.79 Å². The third kappa shape index (κ3) is 5.62. The van der Waals surface area contributed by atoms with Crippen LogP contribution in [0.5, 0.6) is 0 Å². The number of nitrogens with one attached hydrogen (secondary N) is 1. The first kappa shape index (κ1) is 25.4. The predicted molar refractivity (Wildman–Crippen MR) is 156 cm³/mol. The molecule has 0 saturated carbocycles. The van der Waals surface area contributed by atoms with Gasteiger partial charge in [0.25, 0.3) is 5.91 Å². The quantitative estimate of drug-likeness (QED) is 0.239. The molecule has 1 amide bonds. The molecule has 2 aromatic heterocycles. The van der Waals surface area contributed by atoms with E-state index >= 15 is 0 Å². The molecule has 0 radical (unpaired) electrons. The lowest BCUT2D eigenvalue weighted by Crippen LogP contribution is -2.33. The van der Waals surface area contributed by atoms with E-state index in [1.165, 1.54) is 0 Å². The molecule has 0 bridgehead atoms. The van der Waals surface area contributed by atoms with Gasteiger partial charge in [0.2, 0.25) is 0 Å². The molecule has 2 aliphatic rings. The van der Waals surface area contributed by atoms with Crippen LogP contribution >= 0.6 is 11.8 Å². The van der Waals surface area contributed by atoms with E-state index in [0.717, 1.165) is 65.5 Å². The highest BCUT2D eigenvalue weighted by Gasteiger charge is 2.28. The average molecular weight is 538 g/mol. The number of pyridine rings is 1. The summed E-state index contributed by atoms with van der Waals surface area (Å²) in [6.07, 6.45) is 7.69. The maximum atomic E-state index is 13.4. The number of fused-ring (bicyclic) bond motifs is 1. The van der Waals surface area contributed by atoms with Crippen LogP contribution in [0.15, 0.2) is 96.5 Å². The molecule has 1 fully saturated rings. The molecule has 1 atom stereocenters. The Morgan fingerprint density at radius 2 is 1.85 bits per heavy atom. The predicted octanol–water partition coefficient (Wildman–Crippen LogP) is 5.79. The van der Waals surface area contributed by atoms with Gasteiger partial charge in [0.05, 0.1) is 5.56 Å². The van der Waals surface area contributed by atoms with E-state index < -0.39 is 0 Å². The highest BCUT2D eigenvalue weighted by atomic mass is 32.2. The number of carbonyl (C=O) groups excluding carboxylic acids is 1. The molecular formula is C31H31N5O2S. The monoisotopic (exact) mass is 537 g/mol. The fourth-order valence-electron chi connectivity index (χ4n) is 5.10. The summed E-state index contributed by atoms with van der Waals surface area (Å²) >= 11 is 1.80. The van der Waals surface area contributed by atoms with E-state index in [4.69, 9.17) is 4.84 Å². The second-order valence-electron chi connectivity index (χ2n) is 9.98. The van der Waals surface area contributed by atoms with Crippen LogP contribution in [0.25, 0.3) is 0 Å². The van der Waals surface area contributed by atoms with Crippen LogP contribution in [0.4, 0.5) is 5.69 Å². The first-order valence-corrected chi connectivity index (χ1v) is 14.3. The summed E-state index contributed by atoms with van der Waals surface area (Å²) in [5.41, 5.74) is 6.19. The summed E-state index contributed by atoms with van der Waals surface area (Å²) < 4.78 is 2.17. The van der Waals surface area contributed by atoms with E-state index in [0.29, 0.717) is 5.56 Å². The van der Waals surface area contributed by atoms with Crippen molar-refractivity contribution in [2.45, 2.75) is 30.1 Å². The molecule has 6 rings (SSSR count). The summed E-state index contributed by atoms with van der Waals surface area (Å²) in [6, 6.07) is 23.8. The number of piperidine rings is 1. The molecule has 4 heterocycles. The standard InChI is InChI=1S/C31H31N5O2S/c1-35-16-12-26(13-17-35)38-34-29(22-7-3-2-4-8-22)23-9-5-11-25(19-23)33-30(37)27-14-18-36-28(27)21-39-31(36)24-10-6-15-32-20-24/h2-11,14-15,18-20,26,31H,12-13,16-17,21H2,1H3,(H,33,37)/b34-29-/t31-/m0/s1. The van der Waals surface area contributed by atoms with Gasteiger partial charge in [-0.1, -0.05) is 53.7 Å². The Hall–Kier alpha value is -3.88. The Morgan fingerprint density at radius 3 is 2.64 bits per heavy atom. The molecule has 0 aliphatic carbocycles. The van der Waals surface area contributed by atoms with Crippen LogP contribution in [-0.2, 0) is 10.6 Å². The van der Waals surface area contributed by atoms with Gasteiger partial charge in [-0.15, -0.1) is 11.8 Å². The number of oxime groups is 1. The zero-order valence-corrected chi connectivity index (χ0v) is 22.7. The lowest BCUT2D eigenvalue weighted by molar-refractivity contribution is 0.0163. The number of rotatable bonds is 7. The fraction of sp³-hybridized carbons (Fsp3) is 0.258. The van der Waals surface area contributed by atoms with Crippen molar-refractivity contribution < 1.29 is 9.63 Å². The highest BCUT2D eigenvalue weighted by molar-refractivity contribution is 7.99. The van der Waals surface area contributed by atoms with Gasteiger partial charge in [0.1, 0.15) is 17.2 Å². The molecule has 7 nitrogen and oxygen atoms in total. The zero-order valence-electron chi connectivity index (χ0n) is 21.9. The second-order valence-corrected chi connectivity index (χ2v) is 11.1. The first-order chi connectivity index (χ1) is 19.2. The number of hydrogen-bond donors (Lipinski definition) is 1. The molecule has 1 N–H and O–H groups in total. The molecule has 198 valence electrons. The Kier molecular flexibility index (Phi) is 7.47. The summed E-state index contributed by atoms with van der Waals surface area (Å²) in [6.45, 7) is 2.02. The molecule has 2 aliphatic heterocycles. The van der Waals surface area contributed by atoms with Crippen LogP contribution in [0.3, 0.4) is 0 Å². The lowest BCUT2D eigenvalue weighted by Gasteiger charge is -2.27. The van der Waals surface area contributed by atoms with Crippen molar-refractivity contribution in [1.29, 1.82) is 0 Å². The van der Waals surface area contributed by atoms with Gasteiger partial charge in [-0.25, -0.2) is 0 Å². The van der Waals surface area contributed by atoms with Gasteiger partial charge in [0, 0.05) is 65.5 Å². The highest BCUT2D eigenvalue weighted by Crippen LogP contribution is 2.42. The first-order valence-electron chi connectivity index (χ1n) is 13.3. The minimum Gasteiger partial charge on any atom is -0.392 e. The number of amides is 1.